The van der Waals surface area contributed by atoms with Gasteiger partial charge in [-0.3, -0.25) is 4.79 Å². The van der Waals surface area contributed by atoms with Crippen molar-refractivity contribution in [2.45, 2.75) is 69.6 Å². The van der Waals surface area contributed by atoms with E-state index in [9.17, 15) is 4.79 Å². The maximum absolute atomic E-state index is 13.0. The molecule has 25 heavy (non-hydrogen) atoms. The second-order valence-electron chi connectivity index (χ2n) is 7.94. The number of ether oxygens (including phenoxy) is 1. The first-order valence-electron chi connectivity index (χ1n) is 9.63. The minimum Gasteiger partial charge on any atom is -0.373 e. The van der Waals surface area contributed by atoms with Crippen LogP contribution in [0.5, 0.6) is 0 Å². The van der Waals surface area contributed by atoms with E-state index in [0.717, 1.165) is 32.3 Å². The molecule has 3 aliphatic rings. The van der Waals surface area contributed by atoms with E-state index in [1.54, 1.807) is 12.4 Å². The van der Waals surface area contributed by atoms with E-state index in [-0.39, 0.29) is 17.6 Å². The van der Waals surface area contributed by atoms with Crippen LogP contribution < -0.4 is 10.2 Å². The van der Waals surface area contributed by atoms with E-state index in [1.807, 2.05) is 6.07 Å². The smallest absolute Gasteiger partial charge is 0.242 e. The summed E-state index contributed by atoms with van der Waals surface area (Å²) >= 11 is 0. The number of carbonyl (C=O) groups is 1. The second kappa shape index (κ2) is 6.90. The predicted octanol–water partition coefficient (Wildman–Crippen LogP) is 2.30. The van der Waals surface area contributed by atoms with Crippen LogP contribution in [0.3, 0.4) is 0 Å². The summed E-state index contributed by atoms with van der Waals surface area (Å²) in [6.45, 7) is 3.47. The Morgan fingerprint density at radius 1 is 1.32 bits per heavy atom. The fourth-order valence-corrected chi connectivity index (χ4v) is 4.77. The molecule has 1 N–H and O–H groups in total. The van der Waals surface area contributed by atoms with Crippen molar-refractivity contribution in [1.29, 1.82) is 0 Å². The average Bonchev–Trinajstić information content (AvgIpc) is 3.25. The van der Waals surface area contributed by atoms with Crippen molar-refractivity contribution >= 4 is 11.9 Å². The third-order valence-corrected chi connectivity index (χ3v) is 6.11. The highest BCUT2D eigenvalue weighted by Gasteiger charge is 2.46. The van der Waals surface area contributed by atoms with Gasteiger partial charge < -0.3 is 15.0 Å². The molecular weight excluding hydrogens is 316 g/mol. The van der Waals surface area contributed by atoms with Crippen LogP contribution in [-0.2, 0) is 9.53 Å². The Balaban J connectivity index is 1.50. The van der Waals surface area contributed by atoms with Gasteiger partial charge in [-0.15, -0.1) is 0 Å². The molecule has 4 rings (SSSR count). The average molecular weight is 344 g/mol. The molecule has 6 nitrogen and oxygen atoms in total. The zero-order valence-corrected chi connectivity index (χ0v) is 15.0. The second-order valence-corrected chi connectivity index (χ2v) is 7.94. The van der Waals surface area contributed by atoms with Crippen LogP contribution in [0.25, 0.3) is 0 Å². The minimum atomic E-state index is -0.213. The van der Waals surface area contributed by atoms with Gasteiger partial charge in [0, 0.05) is 31.6 Å². The molecule has 0 spiro atoms. The van der Waals surface area contributed by atoms with Crippen molar-refractivity contribution in [3.63, 3.8) is 0 Å². The summed E-state index contributed by atoms with van der Waals surface area (Å²) in [5.41, 5.74) is -0.213. The van der Waals surface area contributed by atoms with E-state index >= 15 is 0 Å². The van der Waals surface area contributed by atoms with E-state index in [2.05, 4.69) is 27.1 Å². The lowest BCUT2D eigenvalue weighted by atomic mass is 9.85. The van der Waals surface area contributed by atoms with Crippen molar-refractivity contribution in [3.05, 3.63) is 18.5 Å². The van der Waals surface area contributed by atoms with Crippen LogP contribution in [-0.4, -0.2) is 46.7 Å². The molecule has 0 bridgehead atoms. The molecule has 4 atom stereocenters. The number of anilines is 1. The number of carbonyl (C=O) groups excluding carboxylic acids is 1. The fraction of sp³-hybridized carbons (Fsp3) is 0.737. The zero-order chi connectivity index (χ0) is 17.3. The van der Waals surface area contributed by atoms with Crippen molar-refractivity contribution in [3.8, 4) is 0 Å². The van der Waals surface area contributed by atoms with Crippen LogP contribution in [0.2, 0.25) is 0 Å². The molecule has 0 aromatic carbocycles. The van der Waals surface area contributed by atoms with Crippen molar-refractivity contribution < 1.29 is 9.53 Å². The molecule has 136 valence electrons. The van der Waals surface area contributed by atoms with Crippen LogP contribution in [0.15, 0.2) is 18.5 Å². The van der Waals surface area contributed by atoms with E-state index in [0.29, 0.717) is 24.5 Å². The van der Waals surface area contributed by atoms with Gasteiger partial charge in [-0.2, -0.15) is 0 Å². The molecule has 1 aromatic rings. The van der Waals surface area contributed by atoms with Crippen LogP contribution in [0.1, 0.15) is 51.9 Å². The number of fused-ring (bicyclic) bond motifs is 1. The molecule has 1 amide bonds. The largest absolute Gasteiger partial charge is 0.373 e. The van der Waals surface area contributed by atoms with Gasteiger partial charge in [-0.25, -0.2) is 9.97 Å². The molecule has 3 heterocycles. The molecule has 1 saturated carbocycles. The summed E-state index contributed by atoms with van der Waals surface area (Å²) in [7, 11) is 0. The molecule has 3 fully saturated rings. The third kappa shape index (κ3) is 3.36. The van der Waals surface area contributed by atoms with Crippen molar-refractivity contribution in [1.82, 2.24) is 15.3 Å². The Hall–Kier alpha value is -1.69. The first kappa shape index (κ1) is 16.8. The van der Waals surface area contributed by atoms with Gasteiger partial charge >= 0.3 is 0 Å². The normalized spacial score (nSPS) is 34.8. The Bertz CT molecular complexity index is 603. The Morgan fingerprint density at radius 3 is 2.88 bits per heavy atom. The third-order valence-electron chi connectivity index (χ3n) is 6.11. The minimum absolute atomic E-state index is 0.0959. The first-order valence-corrected chi connectivity index (χ1v) is 9.63. The van der Waals surface area contributed by atoms with E-state index < -0.39 is 0 Å². The van der Waals surface area contributed by atoms with Gasteiger partial charge in [-0.05, 0) is 51.0 Å². The molecule has 1 aliphatic carbocycles. The molecule has 6 heteroatoms. The number of nitrogens with one attached hydrogen (secondary N) is 1. The van der Waals surface area contributed by atoms with Crippen LogP contribution in [0.4, 0.5) is 5.95 Å². The predicted molar refractivity (Wildman–Crippen MR) is 95.3 cm³/mol. The van der Waals surface area contributed by atoms with Gasteiger partial charge in [0.25, 0.3) is 0 Å². The van der Waals surface area contributed by atoms with Gasteiger partial charge in [0.15, 0.2) is 0 Å². The molecule has 2 aliphatic heterocycles. The highest BCUT2D eigenvalue weighted by Crippen LogP contribution is 2.41. The number of aromatic nitrogens is 2. The lowest BCUT2D eigenvalue weighted by Gasteiger charge is -2.33. The molecule has 2 saturated heterocycles. The number of rotatable bonds is 4. The van der Waals surface area contributed by atoms with Gasteiger partial charge in [0.05, 0.1) is 5.60 Å². The highest BCUT2D eigenvalue weighted by molar-refractivity contribution is 5.85. The number of amides is 1. The monoisotopic (exact) mass is 344 g/mol. The summed E-state index contributed by atoms with van der Waals surface area (Å²) < 4.78 is 5.81. The van der Waals surface area contributed by atoms with Gasteiger partial charge in [0.2, 0.25) is 11.9 Å². The van der Waals surface area contributed by atoms with Crippen molar-refractivity contribution in [2.75, 3.05) is 18.1 Å². The Kier molecular flexibility index (Phi) is 4.63. The van der Waals surface area contributed by atoms with Crippen molar-refractivity contribution in [2.24, 2.45) is 5.92 Å². The number of nitrogens with zero attached hydrogens (tertiary/aromatic N) is 3. The summed E-state index contributed by atoms with van der Waals surface area (Å²) in [5.74, 6) is 1.37. The number of hydrogen-bond acceptors (Lipinski definition) is 5. The highest BCUT2D eigenvalue weighted by atomic mass is 16.5. The molecule has 1 aromatic heterocycles. The lowest BCUT2D eigenvalue weighted by molar-refractivity contribution is -0.123. The Morgan fingerprint density at radius 2 is 2.12 bits per heavy atom. The quantitative estimate of drug-likeness (QED) is 0.908. The maximum atomic E-state index is 13.0. The van der Waals surface area contributed by atoms with E-state index in [1.165, 1.54) is 19.3 Å². The fourth-order valence-electron chi connectivity index (χ4n) is 4.77. The zero-order valence-electron chi connectivity index (χ0n) is 15.0. The van der Waals surface area contributed by atoms with Crippen LogP contribution in [0, 0.1) is 5.92 Å². The summed E-state index contributed by atoms with van der Waals surface area (Å²) in [6.07, 6.45) is 11.4. The van der Waals surface area contributed by atoms with Gasteiger partial charge in [0.1, 0.15) is 6.04 Å². The number of hydrogen-bond donors (Lipinski definition) is 1. The first-order chi connectivity index (χ1) is 12.2. The molecule has 0 radical (unpaired) electrons. The van der Waals surface area contributed by atoms with Gasteiger partial charge in [-0.1, -0.05) is 12.8 Å². The van der Waals surface area contributed by atoms with E-state index in [4.69, 9.17) is 4.74 Å². The SMILES string of the molecule is C[C@]1(CNC(=O)[C@@H]2C[C@@H]3CCCC[C@@H]3N2c2ncccn2)CCCO1. The maximum Gasteiger partial charge on any atom is 0.242 e. The molecular formula is C19H28N4O2. The molecule has 0 unspecified atom stereocenters. The Labute approximate surface area is 149 Å². The summed E-state index contributed by atoms with van der Waals surface area (Å²) in [5, 5.41) is 3.16. The summed E-state index contributed by atoms with van der Waals surface area (Å²) in [4.78, 5) is 24.1. The summed E-state index contributed by atoms with van der Waals surface area (Å²) in [6, 6.07) is 2.05. The van der Waals surface area contributed by atoms with Crippen LogP contribution >= 0.6 is 0 Å². The topological polar surface area (TPSA) is 67.4 Å². The lowest BCUT2D eigenvalue weighted by Crippen LogP contribution is -2.50. The standard InChI is InChI=1S/C19H28N4O2/c1-19(8-4-11-25-19)13-22-17(24)16-12-14-6-2-3-7-15(14)23(16)18-20-9-5-10-21-18/h5,9-10,14-16H,2-4,6-8,11-13H2,1H3,(H,22,24)/t14-,15-,16-,19+/m0/s1.